The molecule has 100 valence electrons. The molecule has 0 aliphatic heterocycles. The maximum Gasteiger partial charge on any atom is 0.274 e. The predicted molar refractivity (Wildman–Crippen MR) is 71.0 cm³/mol. The topological polar surface area (TPSA) is 98.8 Å². The first-order valence-electron chi connectivity index (χ1n) is 5.41. The average molecular weight is 327 g/mol. The third-order valence-electron chi connectivity index (χ3n) is 2.56. The molecule has 19 heavy (non-hydrogen) atoms. The van der Waals surface area contributed by atoms with Crippen molar-refractivity contribution in [2.75, 3.05) is 7.05 Å². The van der Waals surface area contributed by atoms with Crippen molar-refractivity contribution >= 4 is 21.6 Å². The molecule has 1 aromatic carbocycles. The van der Waals surface area contributed by atoms with Gasteiger partial charge in [0.25, 0.3) is 5.69 Å². The molecule has 0 saturated heterocycles. The zero-order valence-electron chi connectivity index (χ0n) is 10.3. The van der Waals surface area contributed by atoms with Gasteiger partial charge in [-0.25, -0.2) is 0 Å². The molecular weight excluding hydrogens is 316 g/mol. The number of hydrogen-bond acceptors (Lipinski definition) is 6. The molecule has 0 amide bonds. The Hall–Kier alpha value is -1.87. The minimum Gasteiger partial charge on any atom is -0.313 e. The summed E-state index contributed by atoms with van der Waals surface area (Å²) in [4.78, 5) is 10.6. The van der Waals surface area contributed by atoms with E-state index in [1.165, 1.54) is 10.7 Å². The van der Waals surface area contributed by atoms with Gasteiger partial charge in [-0.05, 0) is 46.4 Å². The summed E-state index contributed by atoms with van der Waals surface area (Å²) in [6, 6.07) is 3.13. The van der Waals surface area contributed by atoms with E-state index in [1.807, 2.05) is 0 Å². The van der Waals surface area contributed by atoms with Gasteiger partial charge in [-0.2, -0.15) is 4.68 Å². The first kappa shape index (κ1) is 13.6. The number of halogens is 1. The summed E-state index contributed by atoms with van der Waals surface area (Å²) in [6.45, 7) is 2.14. The zero-order chi connectivity index (χ0) is 14.0. The summed E-state index contributed by atoms with van der Waals surface area (Å²) in [5, 5.41) is 25.2. The predicted octanol–water partition coefficient (Wildman–Crippen LogP) is 1.36. The number of nitro groups is 1. The fourth-order valence-electron chi connectivity index (χ4n) is 1.67. The number of aromatic nitrogens is 4. The SMILES string of the molecule is CNCc1nnnn1-c1cc([N+](=O)[O-])c(C)cc1Br. The van der Waals surface area contributed by atoms with E-state index in [1.54, 1.807) is 20.0 Å². The van der Waals surface area contributed by atoms with Gasteiger partial charge < -0.3 is 5.32 Å². The molecular formula is C10H11BrN6O2. The molecule has 0 fully saturated rings. The Morgan fingerprint density at radius 1 is 1.53 bits per heavy atom. The van der Waals surface area contributed by atoms with Crippen LogP contribution in [0, 0.1) is 17.0 Å². The molecule has 9 heteroatoms. The highest BCUT2D eigenvalue weighted by Crippen LogP contribution is 2.29. The monoisotopic (exact) mass is 326 g/mol. The van der Waals surface area contributed by atoms with E-state index in [-0.39, 0.29) is 5.69 Å². The van der Waals surface area contributed by atoms with Crippen LogP contribution in [0.4, 0.5) is 5.69 Å². The van der Waals surface area contributed by atoms with Gasteiger partial charge in [0.15, 0.2) is 5.82 Å². The molecule has 2 rings (SSSR count). The molecule has 0 aliphatic rings. The van der Waals surface area contributed by atoms with Crippen LogP contribution in [0.5, 0.6) is 0 Å². The number of benzene rings is 1. The maximum absolute atomic E-state index is 11.0. The standard InChI is InChI=1S/C10H11BrN6O2/c1-6-3-7(11)9(4-8(6)17(18)19)16-10(5-12-2)13-14-15-16/h3-4,12H,5H2,1-2H3. The highest BCUT2D eigenvalue weighted by Gasteiger charge is 2.18. The number of rotatable bonds is 4. The van der Waals surface area contributed by atoms with Crippen molar-refractivity contribution in [2.45, 2.75) is 13.5 Å². The van der Waals surface area contributed by atoms with Crippen molar-refractivity contribution in [3.8, 4) is 5.69 Å². The van der Waals surface area contributed by atoms with Crippen LogP contribution in [-0.4, -0.2) is 32.2 Å². The lowest BCUT2D eigenvalue weighted by Gasteiger charge is -2.08. The second-order valence-corrected chi connectivity index (χ2v) is 4.74. The van der Waals surface area contributed by atoms with Gasteiger partial charge in [0.2, 0.25) is 0 Å². The second kappa shape index (κ2) is 5.41. The van der Waals surface area contributed by atoms with Gasteiger partial charge >= 0.3 is 0 Å². The molecule has 1 aromatic heterocycles. The van der Waals surface area contributed by atoms with Crippen LogP contribution >= 0.6 is 15.9 Å². The normalized spacial score (nSPS) is 10.7. The van der Waals surface area contributed by atoms with Crippen molar-refractivity contribution < 1.29 is 4.92 Å². The van der Waals surface area contributed by atoms with E-state index < -0.39 is 4.92 Å². The number of aryl methyl sites for hydroxylation is 1. The number of nitro benzene ring substituents is 1. The number of tetrazole rings is 1. The van der Waals surface area contributed by atoms with Crippen LogP contribution in [0.3, 0.4) is 0 Å². The quantitative estimate of drug-likeness (QED) is 0.672. The summed E-state index contributed by atoms with van der Waals surface area (Å²) < 4.78 is 2.16. The number of nitrogens with one attached hydrogen (secondary N) is 1. The van der Waals surface area contributed by atoms with Crippen molar-refractivity contribution in [2.24, 2.45) is 0 Å². The molecule has 1 N–H and O–H groups in total. The largest absolute Gasteiger partial charge is 0.313 e. The fourth-order valence-corrected chi connectivity index (χ4v) is 2.30. The first-order chi connectivity index (χ1) is 9.04. The van der Waals surface area contributed by atoms with Gasteiger partial charge in [0.1, 0.15) is 0 Å². The molecule has 0 saturated carbocycles. The van der Waals surface area contributed by atoms with E-state index in [0.29, 0.717) is 28.1 Å². The minimum absolute atomic E-state index is 0.0316. The van der Waals surface area contributed by atoms with Crippen molar-refractivity contribution in [1.82, 2.24) is 25.5 Å². The third-order valence-corrected chi connectivity index (χ3v) is 3.19. The Morgan fingerprint density at radius 3 is 2.89 bits per heavy atom. The Labute approximate surface area is 117 Å². The fraction of sp³-hybridized carbons (Fsp3) is 0.300. The van der Waals surface area contributed by atoms with Crippen molar-refractivity contribution in [3.05, 3.63) is 38.1 Å². The van der Waals surface area contributed by atoms with Crippen molar-refractivity contribution in [3.63, 3.8) is 0 Å². The summed E-state index contributed by atoms with van der Waals surface area (Å²) in [6.07, 6.45) is 0. The summed E-state index contributed by atoms with van der Waals surface area (Å²) >= 11 is 3.38. The summed E-state index contributed by atoms with van der Waals surface area (Å²) in [5.74, 6) is 0.571. The first-order valence-corrected chi connectivity index (χ1v) is 6.20. The lowest BCUT2D eigenvalue weighted by Crippen LogP contribution is -2.12. The van der Waals surface area contributed by atoms with Crippen molar-refractivity contribution in [1.29, 1.82) is 0 Å². The van der Waals surface area contributed by atoms with Crippen LogP contribution in [0.25, 0.3) is 5.69 Å². The number of hydrogen-bond donors (Lipinski definition) is 1. The molecule has 0 atom stereocenters. The van der Waals surface area contributed by atoms with Crippen LogP contribution < -0.4 is 5.32 Å². The molecule has 2 aromatic rings. The van der Waals surface area contributed by atoms with E-state index in [9.17, 15) is 10.1 Å². The van der Waals surface area contributed by atoms with Crippen LogP contribution in [0.2, 0.25) is 0 Å². The Balaban J connectivity index is 2.58. The van der Waals surface area contributed by atoms with Gasteiger partial charge in [0, 0.05) is 16.1 Å². The van der Waals surface area contributed by atoms with Gasteiger partial charge in [-0.3, -0.25) is 10.1 Å². The summed E-state index contributed by atoms with van der Waals surface area (Å²) in [5.41, 5.74) is 1.14. The van der Waals surface area contributed by atoms with Crippen LogP contribution in [0.1, 0.15) is 11.4 Å². The van der Waals surface area contributed by atoms with Gasteiger partial charge in [0.05, 0.1) is 17.2 Å². The molecule has 0 aliphatic carbocycles. The molecule has 0 spiro atoms. The molecule has 0 unspecified atom stereocenters. The van der Waals surface area contributed by atoms with Crippen LogP contribution in [-0.2, 0) is 6.54 Å². The molecule has 1 heterocycles. The van der Waals surface area contributed by atoms with Crippen LogP contribution in [0.15, 0.2) is 16.6 Å². The molecule has 8 nitrogen and oxygen atoms in total. The Kier molecular flexibility index (Phi) is 3.86. The molecule has 0 bridgehead atoms. The Morgan fingerprint density at radius 2 is 2.26 bits per heavy atom. The smallest absolute Gasteiger partial charge is 0.274 e. The third kappa shape index (κ3) is 2.61. The minimum atomic E-state index is -0.423. The lowest BCUT2D eigenvalue weighted by atomic mass is 10.2. The Bertz CT molecular complexity index is 626. The van der Waals surface area contributed by atoms with E-state index in [0.717, 1.165) is 0 Å². The zero-order valence-corrected chi connectivity index (χ0v) is 11.9. The lowest BCUT2D eigenvalue weighted by molar-refractivity contribution is -0.385. The van der Waals surface area contributed by atoms with Gasteiger partial charge in [-0.1, -0.05) is 0 Å². The highest BCUT2D eigenvalue weighted by atomic mass is 79.9. The maximum atomic E-state index is 11.0. The highest BCUT2D eigenvalue weighted by molar-refractivity contribution is 9.10. The summed E-state index contributed by atoms with van der Waals surface area (Å²) in [7, 11) is 1.77. The average Bonchev–Trinajstić information content (AvgIpc) is 2.77. The van der Waals surface area contributed by atoms with E-state index in [4.69, 9.17) is 0 Å². The second-order valence-electron chi connectivity index (χ2n) is 3.88. The number of nitrogens with zero attached hydrogens (tertiary/aromatic N) is 5. The van der Waals surface area contributed by atoms with Gasteiger partial charge in [-0.15, -0.1) is 5.10 Å². The molecule has 0 radical (unpaired) electrons. The van der Waals surface area contributed by atoms with E-state index in [2.05, 4.69) is 36.8 Å². The van der Waals surface area contributed by atoms with E-state index >= 15 is 0 Å².